The first-order valence-electron chi connectivity index (χ1n) is 6.03. The van der Waals surface area contributed by atoms with E-state index in [4.69, 9.17) is 10.4 Å². The van der Waals surface area contributed by atoms with Gasteiger partial charge in [-0.25, -0.2) is 4.79 Å². The summed E-state index contributed by atoms with van der Waals surface area (Å²) in [6.45, 7) is 2.00. The minimum Gasteiger partial charge on any atom is -0.478 e. The third-order valence-electron chi connectivity index (χ3n) is 3.43. The molecule has 2 rings (SSSR count). The summed E-state index contributed by atoms with van der Waals surface area (Å²) in [5, 5.41) is 20.6. The molecule has 1 saturated carbocycles. The van der Waals surface area contributed by atoms with Crippen LogP contribution in [-0.4, -0.2) is 17.0 Å². The number of rotatable bonds is 3. The lowest BCUT2D eigenvalue weighted by molar-refractivity contribution is -0.128. The van der Waals surface area contributed by atoms with E-state index in [0.29, 0.717) is 24.4 Å². The van der Waals surface area contributed by atoms with Crippen LogP contribution in [0.25, 0.3) is 0 Å². The molecule has 98 valence electrons. The van der Waals surface area contributed by atoms with Crippen molar-refractivity contribution >= 4 is 17.6 Å². The van der Waals surface area contributed by atoms with Gasteiger partial charge in [0.05, 0.1) is 11.6 Å². The average molecular weight is 258 g/mol. The molecule has 1 aromatic carbocycles. The summed E-state index contributed by atoms with van der Waals surface area (Å²) in [6.07, 6.45) is 1.14. The van der Waals surface area contributed by atoms with Crippen LogP contribution in [0.2, 0.25) is 0 Å². The van der Waals surface area contributed by atoms with Crippen molar-refractivity contribution in [3.63, 3.8) is 0 Å². The highest BCUT2D eigenvalue weighted by molar-refractivity contribution is 5.98. The second kappa shape index (κ2) is 4.73. The number of amides is 1. The molecule has 0 atom stereocenters. The number of hydrogen-bond acceptors (Lipinski definition) is 3. The fraction of sp³-hybridized carbons (Fsp3) is 0.357. The van der Waals surface area contributed by atoms with Gasteiger partial charge in [0.1, 0.15) is 5.41 Å². The highest BCUT2D eigenvalue weighted by atomic mass is 16.4. The van der Waals surface area contributed by atoms with Crippen molar-refractivity contribution < 1.29 is 14.7 Å². The summed E-state index contributed by atoms with van der Waals surface area (Å²) in [7, 11) is 0. The number of aromatic carboxylic acids is 1. The van der Waals surface area contributed by atoms with Gasteiger partial charge >= 0.3 is 5.97 Å². The smallest absolute Gasteiger partial charge is 0.335 e. The largest absolute Gasteiger partial charge is 0.478 e. The summed E-state index contributed by atoms with van der Waals surface area (Å²) >= 11 is 0. The Balaban J connectivity index is 2.07. The quantitative estimate of drug-likeness (QED) is 0.870. The first-order chi connectivity index (χ1) is 8.97. The van der Waals surface area contributed by atoms with Gasteiger partial charge in [-0.3, -0.25) is 4.79 Å². The predicted molar refractivity (Wildman–Crippen MR) is 68.5 cm³/mol. The first kappa shape index (κ1) is 13.1. The summed E-state index contributed by atoms with van der Waals surface area (Å²) < 4.78 is 0. The highest BCUT2D eigenvalue weighted by Gasteiger charge is 2.48. The summed E-state index contributed by atoms with van der Waals surface area (Å²) in [6, 6.07) is 7.97. The zero-order valence-electron chi connectivity index (χ0n) is 10.5. The second-order valence-electron chi connectivity index (χ2n) is 5.04. The minimum atomic E-state index is -1.01. The molecule has 0 saturated heterocycles. The monoisotopic (exact) mass is 258 g/mol. The number of nitrogens with one attached hydrogen (secondary N) is 1. The van der Waals surface area contributed by atoms with E-state index in [-0.39, 0.29) is 11.5 Å². The van der Waals surface area contributed by atoms with Crippen molar-refractivity contribution in [1.29, 1.82) is 5.26 Å². The lowest BCUT2D eigenvalue weighted by Crippen LogP contribution is -2.45. The number of nitriles is 1. The number of nitrogens with zero attached hydrogens (tertiary/aromatic N) is 1. The molecule has 0 radical (unpaired) electrons. The number of carbonyl (C=O) groups excluding carboxylic acids is 1. The fourth-order valence-corrected chi connectivity index (χ4v) is 2.40. The van der Waals surface area contributed by atoms with Gasteiger partial charge in [0.15, 0.2) is 0 Å². The molecule has 0 bridgehead atoms. The van der Waals surface area contributed by atoms with Crippen LogP contribution >= 0.6 is 0 Å². The van der Waals surface area contributed by atoms with Gasteiger partial charge < -0.3 is 10.4 Å². The van der Waals surface area contributed by atoms with Crippen LogP contribution in [-0.2, 0) is 4.79 Å². The van der Waals surface area contributed by atoms with E-state index >= 15 is 0 Å². The predicted octanol–water partition coefficient (Wildman–Crippen LogP) is 2.26. The molecule has 1 amide bonds. The van der Waals surface area contributed by atoms with Crippen LogP contribution < -0.4 is 5.32 Å². The van der Waals surface area contributed by atoms with Crippen molar-refractivity contribution in [3.8, 4) is 6.07 Å². The fourth-order valence-electron chi connectivity index (χ4n) is 2.40. The van der Waals surface area contributed by atoms with Crippen molar-refractivity contribution in [2.75, 3.05) is 5.32 Å². The van der Waals surface area contributed by atoms with Gasteiger partial charge in [0.25, 0.3) is 0 Å². The molecule has 0 aliphatic heterocycles. The Morgan fingerprint density at radius 3 is 2.37 bits per heavy atom. The number of carbonyl (C=O) groups is 2. The van der Waals surface area contributed by atoms with E-state index in [1.54, 1.807) is 0 Å². The maximum absolute atomic E-state index is 12.1. The molecule has 0 spiro atoms. The molecule has 5 nitrogen and oxygen atoms in total. The Labute approximate surface area is 110 Å². The number of carboxylic acids is 1. The van der Waals surface area contributed by atoms with Gasteiger partial charge in [0, 0.05) is 5.69 Å². The summed E-state index contributed by atoms with van der Waals surface area (Å²) in [4.78, 5) is 22.8. The lowest BCUT2D eigenvalue weighted by Gasteiger charge is -2.39. The highest BCUT2D eigenvalue weighted by Crippen LogP contribution is 2.45. The topological polar surface area (TPSA) is 90.2 Å². The average Bonchev–Trinajstić information content (AvgIpc) is 2.35. The van der Waals surface area contributed by atoms with E-state index in [1.807, 2.05) is 6.92 Å². The van der Waals surface area contributed by atoms with Gasteiger partial charge in [-0.1, -0.05) is 6.92 Å². The summed E-state index contributed by atoms with van der Waals surface area (Å²) in [5.74, 6) is -0.935. The SMILES string of the molecule is CC1CC(C#N)(C(=O)Nc2ccc(C(=O)O)cc2)C1. The normalized spacial score (nSPS) is 24.9. The van der Waals surface area contributed by atoms with Crippen molar-refractivity contribution in [3.05, 3.63) is 29.8 Å². The maximum Gasteiger partial charge on any atom is 0.335 e. The standard InChI is InChI=1S/C14H14N2O3/c1-9-6-14(7-9,8-15)13(19)16-11-4-2-10(3-5-11)12(17)18/h2-5,9H,6-7H2,1H3,(H,16,19)(H,17,18). The van der Waals surface area contributed by atoms with Gasteiger partial charge in [-0.15, -0.1) is 0 Å². The van der Waals surface area contributed by atoms with Crippen molar-refractivity contribution in [2.45, 2.75) is 19.8 Å². The molecule has 1 aliphatic rings. The Kier molecular flexibility index (Phi) is 3.26. The molecular weight excluding hydrogens is 244 g/mol. The number of hydrogen-bond donors (Lipinski definition) is 2. The molecule has 0 aromatic heterocycles. The van der Waals surface area contributed by atoms with Crippen LogP contribution in [0.1, 0.15) is 30.1 Å². The molecule has 0 unspecified atom stereocenters. The van der Waals surface area contributed by atoms with E-state index in [9.17, 15) is 9.59 Å². The van der Waals surface area contributed by atoms with Crippen molar-refractivity contribution in [1.82, 2.24) is 0 Å². The zero-order chi connectivity index (χ0) is 14.0. The molecule has 0 heterocycles. The third kappa shape index (κ3) is 2.43. The molecule has 5 heteroatoms. The van der Waals surface area contributed by atoms with Crippen LogP contribution in [0.3, 0.4) is 0 Å². The van der Waals surface area contributed by atoms with Crippen LogP contribution in [0.4, 0.5) is 5.69 Å². The number of carboxylic acid groups (broad SMARTS) is 1. The van der Waals surface area contributed by atoms with E-state index < -0.39 is 11.4 Å². The van der Waals surface area contributed by atoms with Crippen LogP contribution in [0.15, 0.2) is 24.3 Å². The Hall–Kier alpha value is -2.35. The molecule has 1 fully saturated rings. The molecule has 1 aromatic rings. The lowest BCUT2D eigenvalue weighted by atomic mass is 9.63. The van der Waals surface area contributed by atoms with E-state index in [1.165, 1.54) is 24.3 Å². The number of anilines is 1. The Morgan fingerprint density at radius 1 is 1.37 bits per heavy atom. The van der Waals surface area contributed by atoms with Crippen LogP contribution in [0, 0.1) is 22.7 Å². The van der Waals surface area contributed by atoms with E-state index in [2.05, 4.69) is 11.4 Å². The van der Waals surface area contributed by atoms with Crippen LogP contribution in [0.5, 0.6) is 0 Å². The van der Waals surface area contributed by atoms with Gasteiger partial charge in [-0.2, -0.15) is 5.26 Å². The van der Waals surface area contributed by atoms with Crippen molar-refractivity contribution in [2.24, 2.45) is 11.3 Å². The Bertz CT molecular complexity index is 551. The molecule has 19 heavy (non-hydrogen) atoms. The molecular formula is C14H14N2O3. The first-order valence-corrected chi connectivity index (χ1v) is 6.03. The summed E-state index contributed by atoms with van der Waals surface area (Å²) in [5.41, 5.74) is -0.264. The van der Waals surface area contributed by atoms with Gasteiger partial charge in [-0.05, 0) is 43.0 Å². The second-order valence-corrected chi connectivity index (χ2v) is 5.04. The third-order valence-corrected chi connectivity index (χ3v) is 3.43. The minimum absolute atomic E-state index is 0.158. The maximum atomic E-state index is 12.1. The molecule has 1 aliphatic carbocycles. The molecule has 2 N–H and O–H groups in total. The van der Waals surface area contributed by atoms with Gasteiger partial charge in [0.2, 0.25) is 5.91 Å². The zero-order valence-corrected chi connectivity index (χ0v) is 10.5. The van der Waals surface area contributed by atoms with E-state index in [0.717, 1.165) is 0 Å². The number of benzene rings is 1. The Morgan fingerprint density at radius 2 is 1.95 bits per heavy atom.